The van der Waals surface area contributed by atoms with Gasteiger partial charge in [-0.25, -0.2) is 8.42 Å². The van der Waals surface area contributed by atoms with Gasteiger partial charge in [-0.15, -0.1) is 0 Å². The fourth-order valence-corrected chi connectivity index (χ4v) is 5.32. The molecular formula is C23H30N2O3S. The van der Waals surface area contributed by atoms with Gasteiger partial charge in [0.25, 0.3) is 0 Å². The molecule has 1 N–H and O–H groups in total. The topological polar surface area (TPSA) is 66.5 Å². The van der Waals surface area contributed by atoms with Crippen LogP contribution >= 0.6 is 0 Å². The van der Waals surface area contributed by atoms with E-state index < -0.39 is 10.0 Å². The monoisotopic (exact) mass is 414 g/mol. The van der Waals surface area contributed by atoms with E-state index in [9.17, 15) is 13.2 Å². The average molecular weight is 415 g/mol. The molecule has 0 bridgehead atoms. The minimum Gasteiger partial charge on any atom is -0.349 e. The van der Waals surface area contributed by atoms with Crippen molar-refractivity contribution < 1.29 is 13.2 Å². The van der Waals surface area contributed by atoms with Crippen LogP contribution in [0.4, 0.5) is 0 Å². The lowest BCUT2D eigenvalue weighted by molar-refractivity contribution is -0.126. The number of benzene rings is 2. The van der Waals surface area contributed by atoms with Gasteiger partial charge in [-0.1, -0.05) is 41.5 Å². The zero-order chi connectivity index (χ0) is 21.2. The number of hydrogen-bond acceptors (Lipinski definition) is 3. The van der Waals surface area contributed by atoms with E-state index in [4.69, 9.17) is 0 Å². The highest BCUT2D eigenvalue weighted by Gasteiger charge is 2.32. The third kappa shape index (κ3) is 4.87. The van der Waals surface area contributed by atoms with Crippen LogP contribution < -0.4 is 5.32 Å². The number of aryl methyl sites for hydroxylation is 3. The number of sulfonamides is 1. The Morgan fingerprint density at radius 1 is 1.00 bits per heavy atom. The predicted molar refractivity (Wildman–Crippen MR) is 115 cm³/mol. The van der Waals surface area contributed by atoms with Crippen LogP contribution in [0.5, 0.6) is 0 Å². The molecule has 1 aliphatic rings. The van der Waals surface area contributed by atoms with Gasteiger partial charge < -0.3 is 5.32 Å². The van der Waals surface area contributed by atoms with Crippen molar-refractivity contribution in [3.63, 3.8) is 0 Å². The number of hydrogen-bond donors (Lipinski definition) is 1. The first-order valence-corrected chi connectivity index (χ1v) is 11.6. The van der Waals surface area contributed by atoms with Crippen LogP contribution in [0, 0.1) is 26.7 Å². The summed E-state index contributed by atoms with van der Waals surface area (Å²) in [6, 6.07) is 13.1. The fourth-order valence-electron chi connectivity index (χ4n) is 3.85. The van der Waals surface area contributed by atoms with E-state index in [1.54, 1.807) is 12.1 Å². The van der Waals surface area contributed by atoms with E-state index in [2.05, 4.69) is 23.5 Å². The van der Waals surface area contributed by atoms with Crippen LogP contribution in [-0.4, -0.2) is 31.7 Å². The molecule has 1 heterocycles. The lowest BCUT2D eigenvalue weighted by Gasteiger charge is -2.31. The molecule has 1 fully saturated rings. The highest BCUT2D eigenvalue weighted by molar-refractivity contribution is 7.89. The normalized spacial score (nSPS) is 17.1. The first-order valence-electron chi connectivity index (χ1n) is 10.1. The van der Waals surface area contributed by atoms with E-state index >= 15 is 0 Å². The Labute approximate surface area is 174 Å². The molecule has 156 valence electrons. The van der Waals surface area contributed by atoms with Crippen molar-refractivity contribution in [1.29, 1.82) is 0 Å². The van der Waals surface area contributed by atoms with Crippen molar-refractivity contribution in [2.24, 2.45) is 5.92 Å². The van der Waals surface area contributed by atoms with E-state index in [0.29, 0.717) is 30.8 Å². The van der Waals surface area contributed by atoms with Gasteiger partial charge in [-0.2, -0.15) is 4.31 Å². The van der Waals surface area contributed by atoms with E-state index in [-0.39, 0.29) is 17.9 Å². The zero-order valence-corrected chi connectivity index (χ0v) is 18.4. The zero-order valence-electron chi connectivity index (χ0n) is 17.6. The number of carbonyl (C=O) groups is 1. The Hall–Kier alpha value is -2.18. The molecule has 0 aliphatic carbocycles. The number of nitrogens with one attached hydrogen (secondary N) is 1. The molecule has 0 radical (unpaired) electrons. The second-order valence-electron chi connectivity index (χ2n) is 8.08. The number of rotatable bonds is 5. The van der Waals surface area contributed by atoms with Crippen LogP contribution in [0.15, 0.2) is 47.4 Å². The number of amides is 1. The molecule has 1 aliphatic heterocycles. The summed E-state index contributed by atoms with van der Waals surface area (Å²) in [5, 5.41) is 3.12. The average Bonchev–Trinajstić information content (AvgIpc) is 2.70. The molecule has 1 unspecified atom stereocenters. The van der Waals surface area contributed by atoms with E-state index in [1.165, 1.54) is 9.87 Å². The Bertz CT molecular complexity index is 976. The predicted octanol–water partition coefficient (Wildman–Crippen LogP) is 3.89. The highest BCUT2D eigenvalue weighted by Crippen LogP contribution is 2.25. The SMILES string of the molecule is Cc1ccc(S(=O)(=O)N2CCC(C(=O)NC(C)c3cc(C)ccc3C)CC2)cc1. The minimum absolute atomic E-state index is 0.00536. The Morgan fingerprint density at radius 2 is 1.59 bits per heavy atom. The summed E-state index contributed by atoms with van der Waals surface area (Å²) in [5.41, 5.74) is 4.47. The summed E-state index contributed by atoms with van der Waals surface area (Å²) in [6.45, 7) is 8.75. The molecule has 1 atom stereocenters. The first-order chi connectivity index (χ1) is 13.7. The molecule has 6 heteroatoms. The Balaban J connectivity index is 1.60. The van der Waals surface area contributed by atoms with Crippen LogP contribution in [0.3, 0.4) is 0 Å². The lowest BCUT2D eigenvalue weighted by Crippen LogP contribution is -2.43. The third-order valence-electron chi connectivity index (χ3n) is 5.74. The molecule has 0 aromatic heterocycles. The smallest absolute Gasteiger partial charge is 0.243 e. The van der Waals surface area contributed by atoms with Crippen molar-refractivity contribution in [3.05, 3.63) is 64.7 Å². The van der Waals surface area contributed by atoms with Crippen LogP contribution in [0.2, 0.25) is 0 Å². The quantitative estimate of drug-likeness (QED) is 0.807. The maximum atomic E-state index is 12.8. The van der Waals surface area contributed by atoms with Gasteiger partial charge in [0, 0.05) is 19.0 Å². The molecule has 2 aromatic rings. The summed E-state index contributed by atoms with van der Waals surface area (Å²) < 4.78 is 27.2. The second kappa shape index (κ2) is 8.67. The Kier molecular flexibility index (Phi) is 6.44. The fraction of sp³-hybridized carbons (Fsp3) is 0.435. The highest BCUT2D eigenvalue weighted by atomic mass is 32.2. The molecule has 2 aromatic carbocycles. The minimum atomic E-state index is -3.50. The van der Waals surface area contributed by atoms with Gasteiger partial charge in [0.05, 0.1) is 10.9 Å². The van der Waals surface area contributed by atoms with Crippen molar-refractivity contribution in [3.8, 4) is 0 Å². The second-order valence-corrected chi connectivity index (χ2v) is 10.0. The molecule has 29 heavy (non-hydrogen) atoms. The molecule has 5 nitrogen and oxygen atoms in total. The molecule has 0 saturated carbocycles. The number of nitrogens with zero attached hydrogens (tertiary/aromatic N) is 1. The lowest BCUT2D eigenvalue weighted by atomic mass is 9.95. The van der Waals surface area contributed by atoms with Crippen LogP contribution in [-0.2, 0) is 14.8 Å². The third-order valence-corrected chi connectivity index (χ3v) is 7.66. The summed E-state index contributed by atoms with van der Waals surface area (Å²) in [6.07, 6.45) is 1.08. The van der Waals surface area contributed by atoms with Crippen LogP contribution in [0.1, 0.15) is 48.1 Å². The van der Waals surface area contributed by atoms with Gasteiger partial charge in [-0.05, 0) is 63.8 Å². The molecule has 3 rings (SSSR count). The van der Waals surface area contributed by atoms with Crippen molar-refractivity contribution in [2.45, 2.75) is 51.5 Å². The summed E-state index contributed by atoms with van der Waals surface area (Å²) in [7, 11) is -3.50. The van der Waals surface area contributed by atoms with Gasteiger partial charge in [0.1, 0.15) is 0 Å². The van der Waals surface area contributed by atoms with Crippen LogP contribution in [0.25, 0.3) is 0 Å². The van der Waals surface area contributed by atoms with Gasteiger partial charge in [0.2, 0.25) is 15.9 Å². The largest absolute Gasteiger partial charge is 0.349 e. The molecule has 1 amide bonds. The maximum absolute atomic E-state index is 12.8. The summed E-state index contributed by atoms with van der Waals surface area (Å²) >= 11 is 0. The van der Waals surface area contributed by atoms with Gasteiger partial charge >= 0.3 is 0 Å². The summed E-state index contributed by atoms with van der Waals surface area (Å²) in [5.74, 6) is -0.155. The maximum Gasteiger partial charge on any atom is 0.243 e. The molecule has 1 saturated heterocycles. The van der Waals surface area contributed by atoms with Gasteiger partial charge in [-0.3, -0.25) is 4.79 Å². The van der Waals surface area contributed by atoms with E-state index in [0.717, 1.165) is 16.7 Å². The molecule has 0 spiro atoms. The van der Waals surface area contributed by atoms with Crippen molar-refractivity contribution >= 4 is 15.9 Å². The van der Waals surface area contributed by atoms with Gasteiger partial charge in [0.15, 0.2) is 0 Å². The first kappa shape index (κ1) is 21.5. The van der Waals surface area contributed by atoms with Crippen molar-refractivity contribution in [2.75, 3.05) is 13.1 Å². The standard InChI is InChI=1S/C23H30N2O3S/c1-16-6-9-21(10-7-16)29(27,28)25-13-11-20(12-14-25)23(26)24-19(4)22-15-17(2)5-8-18(22)3/h5-10,15,19-20H,11-14H2,1-4H3,(H,24,26). The molecular weight excluding hydrogens is 384 g/mol. The number of carbonyl (C=O) groups excluding carboxylic acids is 1. The summed E-state index contributed by atoms with van der Waals surface area (Å²) in [4.78, 5) is 13.1. The Morgan fingerprint density at radius 3 is 2.21 bits per heavy atom. The van der Waals surface area contributed by atoms with E-state index in [1.807, 2.05) is 39.8 Å². The number of piperidine rings is 1. The van der Waals surface area contributed by atoms with Crippen molar-refractivity contribution in [1.82, 2.24) is 9.62 Å².